The van der Waals surface area contributed by atoms with E-state index in [4.69, 9.17) is 0 Å². The van der Waals surface area contributed by atoms with E-state index in [0.717, 1.165) is 24.9 Å². The van der Waals surface area contributed by atoms with Gasteiger partial charge in [0.25, 0.3) is 5.91 Å². The Kier molecular flexibility index (Phi) is 5.65. The highest BCUT2D eigenvalue weighted by Crippen LogP contribution is 2.34. The predicted molar refractivity (Wildman–Crippen MR) is 118 cm³/mol. The highest BCUT2D eigenvalue weighted by atomic mass is 16.2. The van der Waals surface area contributed by atoms with E-state index < -0.39 is 5.54 Å². The number of hydrogen-bond acceptors (Lipinski definition) is 3. The molecule has 158 valence electrons. The summed E-state index contributed by atoms with van der Waals surface area (Å²) in [7, 11) is 0. The molecule has 1 aliphatic carbocycles. The third-order valence-corrected chi connectivity index (χ3v) is 6.39. The van der Waals surface area contributed by atoms with Crippen LogP contribution in [-0.2, 0) is 16.9 Å². The molecule has 1 atom stereocenters. The summed E-state index contributed by atoms with van der Waals surface area (Å²) < 4.78 is 0. The Bertz CT molecular complexity index is 906. The molecule has 2 fully saturated rings. The van der Waals surface area contributed by atoms with E-state index >= 15 is 0 Å². The van der Waals surface area contributed by atoms with Crippen LogP contribution in [0.3, 0.4) is 0 Å². The van der Waals surface area contributed by atoms with E-state index in [1.807, 2.05) is 37.3 Å². The van der Waals surface area contributed by atoms with Gasteiger partial charge in [0.15, 0.2) is 0 Å². The zero-order valence-electron chi connectivity index (χ0n) is 18.1. The predicted octanol–water partition coefficient (Wildman–Crippen LogP) is 4.59. The highest BCUT2D eigenvalue weighted by molar-refractivity contribution is 6.07. The zero-order valence-corrected chi connectivity index (χ0v) is 18.1. The van der Waals surface area contributed by atoms with E-state index in [9.17, 15) is 9.59 Å². The molecule has 0 bridgehead atoms. The van der Waals surface area contributed by atoms with Gasteiger partial charge < -0.3 is 5.32 Å². The number of hydrogen-bond donors (Lipinski definition) is 1. The van der Waals surface area contributed by atoms with Crippen LogP contribution in [0.1, 0.15) is 62.6 Å². The van der Waals surface area contributed by atoms with E-state index in [-0.39, 0.29) is 11.9 Å². The van der Waals surface area contributed by atoms with Crippen molar-refractivity contribution in [2.75, 3.05) is 6.67 Å². The average Bonchev–Trinajstić information content (AvgIpc) is 3.57. The maximum absolute atomic E-state index is 13.4. The number of rotatable bonds is 8. The molecule has 2 aromatic rings. The van der Waals surface area contributed by atoms with Gasteiger partial charge in [-0.25, -0.2) is 9.69 Å². The lowest BCUT2D eigenvalue weighted by Crippen LogP contribution is -2.45. The lowest BCUT2D eigenvalue weighted by molar-refractivity contribution is -0.133. The quantitative estimate of drug-likeness (QED) is 0.654. The summed E-state index contributed by atoms with van der Waals surface area (Å²) >= 11 is 0. The second-order valence-electron chi connectivity index (χ2n) is 8.80. The van der Waals surface area contributed by atoms with Crippen molar-refractivity contribution in [2.45, 2.75) is 64.1 Å². The largest absolute Gasteiger partial charge is 0.326 e. The van der Waals surface area contributed by atoms with Crippen molar-refractivity contribution in [1.82, 2.24) is 15.1 Å². The second kappa shape index (κ2) is 8.23. The molecular formula is C25H31N3O2. The first kappa shape index (κ1) is 20.6. The third kappa shape index (κ3) is 3.86. The fourth-order valence-electron chi connectivity index (χ4n) is 4.27. The van der Waals surface area contributed by atoms with Crippen LogP contribution in [0, 0.1) is 0 Å². The molecule has 1 N–H and O–H groups in total. The molecule has 4 rings (SSSR count). The molecule has 1 saturated carbocycles. The van der Waals surface area contributed by atoms with Gasteiger partial charge in [-0.3, -0.25) is 9.69 Å². The fourth-order valence-corrected chi connectivity index (χ4v) is 4.27. The van der Waals surface area contributed by atoms with E-state index in [2.05, 4.69) is 48.3 Å². The van der Waals surface area contributed by atoms with Crippen molar-refractivity contribution >= 4 is 11.9 Å². The molecular weight excluding hydrogens is 374 g/mol. The number of benzene rings is 2. The summed E-state index contributed by atoms with van der Waals surface area (Å²) in [4.78, 5) is 29.9. The third-order valence-electron chi connectivity index (χ3n) is 6.39. The van der Waals surface area contributed by atoms with Crippen molar-refractivity contribution in [3.05, 3.63) is 71.3 Å². The Morgan fingerprint density at radius 1 is 1.07 bits per heavy atom. The van der Waals surface area contributed by atoms with E-state index in [1.165, 1.54) is 16.0 Å². The first-order valence-corrected chi connectivity index (χ1v) is 11.0. The Morgan fingerprint density at radius 3 is 2.30 bits per heavy atom. The summed E-state index contributed by atoms with van der Waals surface area (Å²) in [6.45, 7) is 7.40. The summed E-state index contributed by atoms with van der Waals surface area (Å²) in [5.74, 6) is 0.353. The van der Waals surface area contributed by atoms with Crippen LogP contribution in [-0.4, -0.2) is 34.4 Å². The molecule has 0 aromatic heterocycles. The molecule has 30 heavy (non-hydrogen) atoms. The standard InChI is InChI=1S/C25H31N3O2/c1-4-25(21-8-6-5-7-9-21)23(29)28(24(30)26-25)17-27(22-14-15-22)16-19-10-12-20(13-11-19)18(2)3/h5-13,18,22H,4,14-17H2,1-3H3,(H,26,30)/t25-/m1/s1. The van der Waals surface area contributed by atoms with Gasteiger partial charge in [-0.2, -0.15) is 0 Å². The molecule has 0 radical (unpaired) electrons. The highest BCUT2D eigenvalue weighted by Gasteiger charge is 2.52. The fraction of sp³-hybridized carbons (Fsp3) is 0.440. The second-order valence-corrected chi connectivity index (χ2v) is 8.80. The van der Waals surface area contributed by atoms with Crippen LogP contribution in [0.2, 0.25) is 0 Å². The van der Waals surface area contributed by atoms with Crippen LogP contribution >= 0.6 is 0 Å². The number of nitrogens with zero attached hydrogens (tertiary/aromatic N) is 2. The van der Waals surface area contributed by atoms with Gasteiger partial charge in [0.05, 0.1) is 6.67 Å². The van der Waals surface area contributed by atoms with Crippen molar-refractivity contribution in [3.8, 4) is 0 Å². The minimum Gasteiger partial charge on any atom is -0.319 e. The number of nitrogens with one attached hydrogen (secondary N) is 1. The van der Waals surface area contributed by atoms with Crippen LogP contribution in [0.25, 0.3) is 0 Å². The Labute approximate surface area is 179 Å². The number of imide groups is 1. The number of carbonyl (C=O) groups is 2. The van der Waals surface area contributed by atoms with Gasteiger partial charge in [-0.05, 0) is 41.9 Å². The zero-order chi connectivity index (χ0) is 21.3. The van der Waals surface area contributed by atoms with Crippen molar-refractivity contribution in [2.24, 2.45) is 0 Å². The molecule has 5 heteroatoms. The smallest absolute Gasteiger partial charge is 0.319 e. The van der Waals surface area contributed by atoms with Gasteiger partial charge in [0, 0.05) is 12.6 Å². The molecule has 1 heterocycles. The minimum atomic E-state index is -0.966. The van der Waals surface area contributed by atoms with Crippen LogP contribution in [0.4, 0.5) is 4.79 Å². The normalized spacial score (nSPS) is 21.6. The molecule has 2 aliphatic rings. The summed E-state index contributed by atoms with van der Waals surface area (Å²) in [6, 6.07) is 18.4. The van der Waals surface area contributed by atoms with Crippen molar-refractivity contribution < 1.29 is 9.59 Å². The SMILES string of the molecule is CC[C@]1(c2ccccc2)NC(=O)N(CN(Cc2ccc(C(C)C)cc2)C2CC2)C1=O. The van der Waals surface area contributed by atoms with Crippen molar-refractivity contribution in [3.63, 3.8) is 0 Å². The molecule has 3 amide bonds. The molecule has 2 aromatic carbocycles. The van der Waals surface area contributed by atoms with Crippen LogP contribution in [0.15, 0.2) is 54.6 Å². The topological polar surface area (TPSA) is 52.7 Å². The van der Waals surface area contributed by atoms with Crippen molar-refractivity contribution in [1.29, 1.82) is 0 Å². The Balaban J connectivity index is 1.52. The van der Waals surface area contributed by atoms with Gasteiger partial charge >= 0.3 is 6.03 Å². The van der Waals surface area contributed by atoms with E-state index in [1.54, 1.807) is 0 Å². The van der Waals surface area contributed by atoms with Gasteiger partial charge in [0.1, 0.15) is 5.54 Å². The first-order valence-electron chi connectivity index (χ1n) is 11.0. The maximum Gasteiger partial charge on any atom is 0.326 e. The minimum absolute atomic E-state index is 0.151. The number of urea groups is 1. The molecule has 5 nitrogen and oxygen atoms in total. The summed E-state index contributed by atoms with van der Waals surface area (Å²) in [6.07, 6.45) is 2.76. The molecule has 1 aliphatic heterocycles. The van der Waals surface area contributed by atoms with E-state index in [0.29, 0.717) is 25.0 Å². The summed E-state index contributed by atoms with van der Waals surface area (Å²) in [5, 5.41) is 2.99. The number of amides is 3. The Morgan fingerprint density at radius 2 is 1.73 bits per heavy atom. The van der Waals surface area contributed by atoms with Gasteiger partial charge in [-0.15, -0.1) is 0 Å². The molecule has 1 saturated heterocycles. The van der Waals surface area contributed by atoms with Gasteiger partial charge in [-0.1, -0.05) is 75.4 Å². The number of carbonyl (C=O) groups excluding carboxylic acids is 2. The Hall–Kier alpha value is -2.66. The molecule has 0 unspecified atom stereocenters. The lowest BCUT2D eigenvalue weighted by Gasteiger charge is -2.28. The maximum atomic E-state index is 13.4. The first-order chi connectivity index (χ1) is 14.4. The average molecular weight is 406 g/mol. The monoisotopic (exact) mass is 405 g/mol. The van der Waals surface area contributed by atoms with Crippen LogP contribution < -0.4 is 5.32 Å². The van der Waals surface area contributed by atoms with Gasteiger partial charge in [0.2, 0.25) is 0 Å². The lowest BCUT2D eigenvalue weighted by atomic mass is 9.87. The molecule has 0 spiro atoms. The summed E-state index contributed by atoms with van der Waals surface area (Å²) in [5.41, 5.74) is 2.41. The van der Waals surface area contributed by atoms with Crippen LogP contribution in [0.5, 0.6) is 0 Å².